The maximum atomic E-state index is 9.76. The van der Waals surface area contributed by atoms with Crippen LogP contribution in [-0.4, -0.2) is 26.5 Å². The summed E-state index contributed by atoms with van der Waals surface area (Å²) in [5.41, 5.74) is 3.21. The predicted octanol–water partition coefficient (Wildman–Crippen LogP) is 2.48. The molecule has 0 aliphatic heterocycles. The van der Waals surface area contributed by atoms with E-state index in [1.54, 1.807) is 12.1 Å². The van der Waals surface area contributed by atoms with Crippen molar-refractivity contribution in [3.8, 4) is 5.75 Å². The number of nitrogens with zero attached hydrogens (tertiary/aromatic N) is 3. The van der Waals surface area contributed by atoms with E-state index in [4.69, 9.17) is 0 Å². The molecule has 0 bridgehead atoms. The third kappa shape index (κ3) is 3.04. The fourth-order valence-electron chi connectivity index (χ4n) is 1.11. The molecule has 1 heterocycles. The molecule has 0 atom stereocenters. The summed E-state index contributed by atoms with van der Waals surface area (Å²) in [5, 5.41) is 19.9. The molecule has 2 rings (SSSR count). The van der Waals surface area contributed by atoms with Crippen molar-refractivity contribution in [2.75, 3.05) is 5.43 Å². The first-order chi connectivity index (χ1) is 8.16. The standard InChI is InChI=1S/C9H7Br2N5O/c10-6-1-5(8(17)7(11)2-6)3-13-15-9-12-4-14-16-9/h1-4,17H,(H2,12,14,15,16)/b13-3+. The average Bonchev–Trinajstić information content (AvgIpc) is 2.78. The van der Waals surface area contributed by atoms with E-state index >= 15 is 0 Å². The van der Waals surface area contributed by atoms with Crippen molar-refractivity contribution in [2.45, 2.75) is 0 Å². The number of rotatable bonds is 3. The van der Waals surface area contributed by atoms with E-state index in [0.29, 0.717) is 16.0 Å². The van der Waals surface area contributed by atoms with Gasteiger partial charge in [-0.2, -0.15) is 15.2 Å². The average molecular weight is 361 g/mol. The van der Waals surface area contributed by atoms with Crippen molar-refractivity contribution in [1.82, 2.24) is 15.2 Å². The predicted molar refractivity (Wildman–Crippen MR) is 71.1 cm³/mol. The lowest BCUT2D eigenvalue weighted by atomic mass is 10.2. The van der Waals surface area contributed by atoms with Crippen LogP contribution in [0.5, 0.6) is 5.75 Å². The molecule has 1 aromatic carbocycles. The highest BCUT2D eigenvalue weighted by Crippen LogP contribution is 2.30. The largest absolute Gasteiger partial charge is 0.506 e. The first kappa shape index (κ1) is 12.1. The second kappa shape index (κ2) is 5.28. The molecule has 0 aliphatic carbocycles. The van der Waals surface area contributed by atoms with Crippen molar-refractivity contribution < 1.29 is 5.11 Å². The summed E-state index contributed by atoms with van der Waals surface area (Å²) in [6.45, 7) is 0. The van der Waals surface area contributed by atoms with Gasteiger partial charge in [-0.05, 0) is 28.1 Å². The van der Waals surface area contributed by atoms with Gasteiger partial charge < -0.3 is 5.11 Å². The zero-order chi connectivity index (χ0) is 12.3. The van der Waals surface area contributed by atoms with Gasteiger partial charge >= 0.3 is 0 Å². The summed E-state index contributed by atoms with van der Waals surface area (Å²) in [7, 11) is 0. The molecule has 17 heavy (non-hydrogen) atoms. The number of H-pyrrole nitrogens is 1. The smallest absolute Gasteiger partial charge is 0.239 e. The van der Waals surface area contributed by atoms with Crippen molar-refractivity contribution in [2.24, 2.45) is 5.10 Å². The van der Waals surface area contributed by atoms with E-state index in [9.17, 15) is 5.11 Å². The molecule has 0 amide bonds. The highest BCUT2D eigenvalue weighted by Gasteiger charge is 2.05. The van der Waals surface area contributed by atoms with E-state index in [2.05, 4.69) is 57.6 Å². The lowest BCUT2D eigenvalue weighted by Gasteiger charge is -2.02. The first-order valence-corrected chi connectivity index (χ1v) is 6.08. The van der Waals surface area contributed by atoms with Gasteiger partial charge in [-0.1, -0.05) is 15.9 Å². The van der Waals surface area contributed by atoms with E-state index < -0.39 is 0 Å². The number of hydrogen-bond donors (Lipinski definition) is 3. The van der Waals surface area contributed by atoms with Crippen molar-refractivity contribution in [3.63, 3.8) is 0 Å². The number of hydrogen-bond acceptors (Lipinski definition) is 5. The highest BCUT2D eigenvalue weighted by atomic mass is 79.9. The molecule has 0 radical (unpaired) electrons. The molecule has 0 saturated heterocycles. The van der Waals surface area contributed by atoms with Gasteiger partial charge in [-0.15, -0.1) is 0 Å². The summed E-state index contributed by atoms with van der Waals surface area (Å²) in [4.78, 5) is 3.83. The van der Waals surface area contributed by atoms with Gasteiger partial charge in [-0.25, -0.2) is 10.5 Å². The molecule has 3 N–H and O–H groups in total. The fourth-order valence-corrected chi connectivity index (χ4v) is 2.36. The van der Waals surface area contributed by atoms with Gasteiger partial charge in [0, 0.05) is 10.0 Å². The van der Waals surface area contributed by atoms with Gasteiger partial charge in [0.15, 0.2) is 0 Å². The zero-order valence-electron chi connectivity index (χ0n) is 8.35. The summed E-state index contributed by atoms with van der Waals surface area (Å²) in [6, 6.07) is 3.49. The Balaban J connectivity index is 2.15. The molecule has 0 saturated carbocycles. The van der Waals surface area contributed by atoms with E-state index in [1.807, 2.05) is 0 Å². The lowest BCUT2D eigenvalue weighted by Crippen LogP contribution is -1.93. The summed E-state index contributed by atoms with van der Waals surface area (Å²) < 4.78 is 1.43. The van der Waals surface area contributed by atoms with Gasteiger partial charge in [0.1, 0.15) is 12.1 Å². The van der Waals surface area contributed by atoms with Crippen molar-refractivity contribution in [3.05, 3.63) is 33.0 Å². The van der Waals surface area contributed by atoms with E-state index in [1.165, 1.54) is 12.5 Å². The number of halogens is 2. The molecule has 0 aliphatic rings. The maximum Gasteiger partial charge on any atom is 0.239 e. The highest BCUT2D eigenvalue weighted by molar-refractivity contribution is 9.11. The molecular formula is C9H7Br2N5O. The monoisotopic (exact) mass is 359 g/mol. The number of anilines is 1. The number of benzene rings is 1. The van der Waals surface area contributed by atoms with Crippen LogP contribution in [0, 0.1) is 0 Å². The summed E-state index contributed by atoms with van der Waals surface area (Å²) in [5.74, 6) is 0.547. The minimum Gasteiger partial charge on any atom is -0.506 e. The molecule has 0 unspecified atom stereocenters. The third-order valence-corrected chi connectivity index (χ3v) is 2.91. The Morgan fingerprint density at radius 3 is 2.94 bits per heavy atom. The molecule has 1 aromatic heterocycles. The van der Waals surface area contributed by atoms with Crippen LogP contribution >= 0.6 is 31.9 Å². The van der Waals surface area contributed by atoms with Gasteiger partial charge in [0.2, 0.25) is 5.95 Å². The molecular weight excluding hydrogens is 354 g/mol. The van der Waals surface area contributed by atoms with Crippen LogP contribution in [0.15, 0.2) is 32.5 Å². The van der Waals surface area contributed by atoms with Crippen molar-refractivity contribution >= 4 is 44.0 Å². The van der Waals surface area contributed by atoms with Crippen LogP contribution in [0.3, 0.4) is 0 Å². The van der Waals surface area contributed by atoms with E-state index in [-0.39, 0.29) is 5.75 Å². The van der Waals surface area contributed by atoms with Gasteiger partial charge in [0.05, 0.1) is 10.7 Å². The topological polar surface area (TPSA) is 86.2 Å². The van der Waals surface area contributed by atoms with Gasteiger partial charge in [0.25, 0.3) is 0 Å². The van der Waals surface area contributed by atoms with Crippen LogP contribution in [-0.2, 0) is 0 Å². The second-order valence-corrected chi connectivity index (χ2v) is 4.80. The molecule has 0 fully saturated rings. The number of hydrazone groups is 1. The molecule has 6 nitrogen and oxygen atoms in total. The molecule has 88 valence electrons. The zero-order valence-corrected chi connectivity index (χ0v) is 11.5. The Bertz CT molecular complexity index is 541. The Kier molecular flexibility index (Phi) is 3.75. The van der Waals surface area contributed by atoms with Crippen molar-refractivity contribution in [1.29, 1.82) is 0 Å². The maximum absolute atomic E-state index is 9.76. The van der Waals surface area contributed by atoms with E-state index in [0.717, 1.165) is 4.47 Å². The van der Waals surface area contributed by atoms with Crippen LogP contribution < -0.4 is 5.43 Å². The number of phenols is 1. The number of phenolic OH excluding ortho intramolecular Hbond substituents is 1. The van der Waals surface area contributed by atoms with Crippen LogP contribution in [0.1, 0.15) is 5.56 Å². The molecule has 0 spiro atoms. The minimum absolute atomic E-state index is 0.122. The molecule has 8 heteroatoms. The molecule has 2 aromatic rings. The Labute approximate surface area is 113 Å². The number of nitrogens with one attached hydrogen (secondary N) is 2. The van der Waals surface area contributed by atoms with Crippen LogP contribution in [0.4, 0.5) is 5.95 Å². The Morgan fingerprint density at radius 2 is 2.24 bits per heavy atom. The summed E-state index contributed by atoms with van der Waals surface area (Å²) in [6.07, 6.45) is 2.85. The number of aromatic hydroxyl groups is 1. The lowest BCUT2D eigenvalue weighted by molar-refractivity contribution is 0.471. The second-order valence-electron chi connectivity index (χ2n) is 3.03. The van der Waals surface area contributed by atoms with Crippen LogP contribution in [0.2, 0.25) is 0 Å². The summed E-state index contributed by atoms with van der Waals surface area (Å²) >= 11 is 6.56. The Hall–Kier alpha value is -1.41. The number of aromatic nitrogens is 3. The number of aromatic amines is 1. The SMILES string of the molecule is Oc1c(Br)cc(Br)cc1/C=N/Nc1ncn[nH]1. The minimum atomic E-state index is 0.122. The van der Waals surface area contributed by atoms with Crippen LogP contribution in [0.25, 0.3) is 0 Å². The van der Waals surface area contributed by atoms with Gasteiger partial charge in [-0.3, -0.25) is 0 Å². The Morgan fingerprint density at radius 1 is 1.41 bits per heavy atom. The normalized spacial score (nSPS) is 10.9. The quantitative estimate of drug-likeness (QED) is 0.579. The first-order valence-electron chi connectivity index (χ1n) is 4.49. The fraction of sp³-hybridized carbons (Fsp3) is 0. The third-order valence-electron chi connectivity index (χ3n) is 1.85.